The van der Waals surface area contributed by atoms with E-state index in [9.17, 15) is 9.59 Å². The summed E-state index contributed by atoms with van der Waals surface area (Å²) in [5.74, 6) is 0.939. The van der Waals surface area contributed by atoms with Crippen LogP contribution in [0, 0.1) is 5.41 Å². The van der Waals surface area contributed by atoms with Crippen LogP contribution in [0.15, 0.2) is 22.8 Å². The summed E-state index contributed by atoms with van der Waals surface area (Å²) < 4.78 is 5.60. The molecule has 0 radical (unpaired) electrons. The van der Waals surface area contributed by atoms with Gasteiger partial charge in [0.25, 0.3) is 0 Å². The van der Waals surface area contributed by atoms with Gasteiger partial charge in [0.05, 0.1) is 12.3 Å². The maximum Gasteiger partial charge on any atom is 0.225 e. The molecule has 1 atom stereocenters. The van der Waals surface area contributed by atoms with Gasteiger partial charge in [0.1, 0.15) is 5.76 Å². The molecule has 0 aromatic carbocycles. The van der Waals surface area contributed by atoms with Gasteiger partial charge in [-0.2, -0.15) is 0 Å². The van der Waals surface area contributed by atoms with Gasteiger partial charge in [-0.15, -0.1) is 0 Å². The number of rotatable bonds is 8. The van der Waals surface area contributed by atoms with E-state index >= 15 is 0 Å². The second-order valence-corrected chi connectivity index (χ2v) is 8.04. The van der Waals surface area contributed by atoms with Gasteiger partial charge < -0.3 is 15.1 Å². The van der Waals surface area contributed by atoms with Crippen molar-refractivity contribution in [2.45, 2.75) is 58.9 Å². The largest absolute Gasteiger partial charge is 0.468 e. The summed E-state index contributed by atoms with van der Waals surface area (Å²) in [4.78, 5) is 26.4. The molecule has 1 saturated heterocycles. The third-order valence-corrected chi connectivity index (χ3v) is 4.74. The number of carbonyl (C=O) groups is 2. The molecule has 1 aromatic heterocycles. The van der Waals surface area contributed by atoms with Crippen molar-refractivity contribution in [3.63, 3.8) is 0 Å². The lowest BCUT2D eigenvalue weighted by Gasteiger charge is -2.33. The molecular formula is C20H33N3O3. The average molecular weight is 364 g/mol. The van der Waals surface area contributed by atoms with E-state index in [4.69, 9.17) is 4.42 Å². The number of carbonyl (C=O) groups excluding carboxylic acids is 2. The number of furan rings is 1. The normalized spacial score (nSPS) is 16.9. The van der Waals surface area contributed by atoms with Crippen molar-refractivity contribution in [3.05, 3.63) is 24.2 Å². The van der Waals surface area contributed by atoms with E-state index in [1.807, 2.05) is 32.9 Å². The Morgan fingerprint density at radius 2 is 1.92 bits per heavy atom. The minimum absolute atomic E-state index is 0.0147. The predicted molar refractivity (Wildman–Crippen MR) is 102 cm³/mol. The first-order chi connectivity index (χ1) is 12.4. The Bertz CT molecular complexity index is 557. The molecular weight excluding hydrogens is 330 g/mol. The zero-order chi connectivity index (χ0) is 19.0. The van der Waals surface area contributed by atoms with E-state index in [0.29, 0.717) is 25.9 Å². The molecule has 0 aliphatic carbocycles. The highest BCUT2D eigenvalue weighted by atomic mass is 16.3. The van der Waals surface area contributed by atoms with Crippen molar-refractivity contribution in [1.29, 1.82) is 0 Å². The van der Waals surface area contributed by atoms with Crippen LogP contribution in [-0.2, 0) is 9.59 Å². The van der Waals surface area contributed by atoms with Crippen molar-refractivity contribution in [2.75, 3.05) is 26.2 Å². The second kappa shape index (κ2) is 9.76. The Balaban J connectivity index is 1.74. The van der Waals surface area contributed by atoms with Gasteiger partial charge in [-0.1, -0.05) is 27.2 Å². The molecule has 1 aliphatic heterocycles. The van der Waals surface area contributed by atoms with Crippen LogP contribution < -0.4 is 10.6 Å². The Labute approximate surface area is 156 Å². The Morgan fingerprint density at radius 3 is 2.54 bits per heavy atom. The van der Waals surface area contributed by atoms with Crippen LogP contribution in [0.4, 0.5) is 0 Å². The van der Waals surface area contributed by atoms with Crippen LogP contribution in [0.1, 0.15) is 64.7 Å². The Hall–Kier alpha value is -1.82. The smallest absolute Gasteiger partial charge is 0.225 e. The lowest BCUT2D eigenvalue weighted by Crippen LogP contribution is -2.40. The standard InChI is InChI=1S/C20H33N3O3/c1-20(2,3)19(25)21-11-7-10-18(24)22-15-16(17-9-8-14-26-17)23-12-5-4-6-13-23/h8-9,14,16H,4-7,10-13,15H2,1-3H3,(H,21,25)(H,22,24). The highest BCUT2D eigenvalue weighted by Gasteiger charge is 2.25. The number of nitrogens with zero attached hydrogens (tertiary/aromatic N) is 1. The maximum atomic E-state index is 12.2. The highest BCUT2D eigenvalue weighted by molar-refractivity contribution is 5.81. The van der Waals surface area contributed by atoms with Crippen molar-refractivity contribution in [2.24, 2.45) is 5.41 Å². The summed E-state index contributed by atoms with van der Waals surface area (Å²) in [5.41, 5.74) is -0.396. The van der Waals surface area contributed by atoms with E-state index in [1.165, 1.54) is 19.3 Å². The fourth-order valence-electron chi connectivity index (χ4n) is 3.14. The van der Waals surface area contributed by atoms with Crippen LogP contribution >= 0.6 is 0 Å². The van der Waals surface area contributed by atoms with E-state index in [2.05, 4.69) is 15.5 Å². The maximum absolute atomic E-state index is 12.2. The van der Waals surface area contributed by atoms with Gasteiger partial charge in [-0.05, 0) is 44.5 Å². The molecule has 1 aliphatic rings. The molecule has 6 nitrogen and oxygen atoms in total. The van der Waals surface area contributed by atoms with Crippen molar-refractivity contribution >= 4 is 11.8 Å². The fourth-order valence-corrected chi connectivity index (χ4v) is 3.14. The number of hydrogen-bond acceptors (Lipinski definition) is 4. The molecule has 0 spiro atoms. The molecule has 2 N–H and O–H groups in total. The molecule has 2 rings (SSSR count). The van der Waals surface area contributed by atoms with Gasteiger partial charge in [0, 0.05) is 24.9 Å². The second-order valence-electron chi connectivity index (χ2n) is 8.04. The molecule has 1 unspecified atom stereocenters. The van der Waals surface area contributed by atoms with Crippen molar-refractivity contribution in [3.8, 4) is 0 Å². The van der Waals surface area contributed by atoms with E-state index in [-0.39, 0.29) is 17.9 Å². The summed E-state index contributed by atoms with van der Waals surface area (Å²) in [7, 11) is 0. The first-order valence-corrected chi connectivity index (χ1v) is 9.70. The molecule has 0 saturated carbocycles. The monoisotopic (exact) mass is 363 g/mol. The molecule has 26 heavy (non-hydrogen) atoms. The fraction of sp³-hybridized carbons (Fsp3) is 0.700. The SMILES string of the molecule is CC(C)(C)C(=O)NCCCC(=O)NCC(c1ccco1)N1CCCCC1. The summed E-state index contributed by atoms with van der Waals surface area (Å²) >= 11 is 0. The first kappa shape index (κ1) is 20.5. The topological polar surface area (TPSA) is 74.6 Å². The molecule has 1 fully saturated rings. The molecule has 1 aromatic rings. The number of nitrogens with one attached hydrogen (secondary N) is 2. The Morgan fingerprint density at radius 1 is 1.19 bits per heavy atom. The minimum Gasteiger partial charge on any atom is -0.468 e. The van der Waals surface area contributed by atoms with E-state index in [0.717, 1.165) is 18.8 Å². The number of piperidine rings is 1. The zero-order valence-corrected chi connectivity index (χ0v) is 16.3. The van der Waals surface area contributed by atoms with Crippen LogP contribution in [0.5, 0.6) is 0 Å². The average Bonchev–Trinajstić information content (AvgIpc) is 3.13. The number of amides is 2. The molecule has 0 bridgehead atoms. The first-order valence-electron chi connectivity index (χ1n) is 9.70. The van der Waals surface area contributed by atoms with Crippen molar-refractivity contribution < 1.29 is 14.0 Å². The van der Waals surface area contributed by atoms with Crippen LogP contribution in [0.2, 0.25) is 0 Å². The van der Waals surface area contributed by atoms with Gasteiger partial charge in [0.2, 0.25) is 11.8 Å². The van der Waals surface area contributed by atoms with Gasteiger partial charge in [-0.3, -0.25) is 14.5 Å². The highest BCUT2D eigenvalue weighted by Crippen LogP contribution is 2.24. The third-order valence-electron chi connectivity index (χ3n) is 4.74. The number of hydrogen-bond donors (Lipinski definition) is 2. The lowest BCUT2D eigenvalue weighted by atomic mass is 9.96. The quantitative estimate of drug-likeness (QED) is 0.697. The van der Waals surface area contributed by atoms with E-state index < -0.39 is 5.41 Å². The molecule has 2 amide bonds. The third kappa shape index (κ3) is 6.48. The summed E-state index contributed by atoms with van der Waals surface area (Å²) in [6, 6.07) is 3.97. The lowest BCUT2D eigenvalue weighted by molar-refractivity contribution is -0.128. The summed E-state index contributed by atoms with van der Waals surface area (Å²) in [6.45, 7) is 8.80. The minimum atomic E-state index is -0.396. The predicted octanol–water partition coefficient (Wildman–Crippen LogP) is 2.87. The number of likely N-dealkylation sites (tertiary alicyclic amines) is 1. The van der Waals surface area contributed by atoms with Crippen LogP contribution in [-0.4, -0.2) is 42.9 Å². The zero-order valence-electron chi connectivity index (χ0n) is 16.3. The van der Waals surface area contributed by atoms with Crippen LogP contribution in [0.25, 0.3) is 0 Å². The van der Waals surface area contributed by atoms with Gasteiger partial charge >= 0.3 is 0 Å². The molecule has 2 heterocycles. The van der Waals surface area contributed by atoms with E-state index in [1.54, 1.807) is 6.26 Å². The van der Waals surface area contributed by atoms with Gasteiger partial charge in [-0.25, -0.2) is 0 Å². The van der Waals surface area contributed by atoms with Crippen molar-refractivity contribution in [1.82, 2.24) is 15.5 Å². The molecule has 6 heteroatoms. The van der Waals surface area contributed by atoms with Crippen LogP contribution in [0.3, 0.4) is 0 Å². The van der Waals surface area contributed by atoms with Gasteiger partial charge in [0.15, 0.2) is 0 Å². The summed E-state index contributed by atoms with van der Waals surface area (Å²) in [6.07, 6.45) is 6.40. The molecule has 146 valence electrons. The summed E-state index contributed by atoms with van der Waals surface area (Å²) in [5, 5.41) is 5.91. The Kier molecular flexibility index (Phi) is 7.69.